The standard InChI is InChI=1S/C39H58O2/c1-25(2)29-17-19-36(6)21-22-38(8)30(33(29)36)15-16-32-37(7)24-28(23-27-13-11-10-12-14-27)34(41-26(3)40)35(4,5)31(37)18-20-39(32,38)9/h10-14,23,25,29-34H,15-22,24H2,1-9H3/b28-23-/t29-,30+,31-,32-,33+,34+,36-,37-,38+,39-/m0/s1. The van der Waals surface area contributed by atoms with E-state index >= 15 is 0 Å². The van der Waals surface area contributed by atoms with Crippen molar-refractivity contribution in [2.75, 3.05) is 0 Å². The molecule has 1 aromatic rings. The van der Waals surface area contributed by atoms with Gasteiger partial charge in [-0.15, -0.1) is 0 Å². The number of ether oxygens (including phenoxy) is 1. The van der Waals surface area contributed by atoms with Crippen LogP contribution in [-0.2, 0) is 9.53 Å². The minimum absolute atomic E-state index is 0.0995. The van der Waals surface area contributed by atoms with Gasteiger partial charge in [0, 0.05) is 12.3 Å². The Morgan fingerprint density at radius 1 is 0.854 bits per heavy atom. The lowest BCUT2D eigenvalue weighted by molar-refractivity contribution is -0.242. The highest BCUT2D eigenvalue weighted by Gasteiger charge is 2.71. The van der Waals surface area contributed by atoms with Crippen molar-refractivity contribution in [3.63, 3.8) is 0 Å². The Labute approximate surface area is 251 Å². The minimum Gasteiger partial charge on any atom is -0.457 e. The molecule has 41 heavy (non-hydrogen) atoms. The number of carbonyl (C=O) groups is 1. The lowest BCUT2D eigenvalue weighted by Gasteiger charge is -2.73. The van der Waals surface area contributed by atoms with Crippen molar-refractivity contribution < 1.29 is 9.53 Å². The van der Waals surface area contributed by atoms with Gasteiger partial charge < -0.3 is 4.74 Å². The van der Waals surface area contributed by atoms with E-state index in [1.807, 2.05) is 0 Å². The monoisotopic (exact) mass is 558 g/mol. The molecule has 0 N–H and O–H groups in total. The van der Waals surface area contributed by atoms with E-state index in [4.69, 9.17) is 4.74 Å². The van der Waals surface area contributed by atoms with Crippen LogP contribution >= 0.6 is 0 Å². The summed E-state index contributed by atoms with van der Waals surface area (Å²) >= 11 is 0. The van der Waals surface area contributed by atoms with Crippen molar-refractivity contribution in [1.82, 2.24) is 0 Å². The Balaban J connectivity index is 1.41. The van der Waals surface area contributed by atoms with Crippen LogP contribution in [0.4, 0.5) is 0 Å². The Morgan fingerprint density at radius 3 is 2.22 bits per heavy atom. The first-order valence-corrected chi connectivity index (χ1v) is 17.1. The van der Waals surface area contributed by atoms with Gasteiger partial charge in [-0.05, 0) is 126 Å². The Kier molecular flexibility index (Phi) is 6.99. The van der Waals surface area contributed by atoms with Crippen molar-refractivity contribution in [2.24, 2.45) is 62.6 Å². The second-order valence-electron chi connectivity index (χ2n) is 17.4. The molecule has 5 aliphatic carbocycles. The normalized spacial score (nSPS) is 47.7. The fraction of sp³-hybridized carbons (Fsp3) is 0.769. The predicted octanol–water partition coefficient (Wildman–Crippen LogP) is 10.4. The smallest absolute Gasteiger partial charge is 0.303 e. The van der Waals surface area contributed by atoms with E-state index in [0.29, 0.717) is 28.1 Å². The van der Waals surface area contributed by atoms with E-state index in [9.17, 15) is 4.79 Å². The van der Waals surface area contributed by atoms with Gasteiger partial charge in [0.1, 0.15) is 6.10 Å². The first-order valence-electron chi connectivity index (χ1n) is 17.1. The number of benzene rings is 1. The van der Waals surface area contributed by atoms with E-state index in [-0.39, 0.29) is 22.9 Å². The van der Waals surface area contributed by atoms with Gasteiger partial charge in [0.15, 0.2) is 0 Å². The molecule has 0 unspecified atom stereocenters. The van der Waals surface area contributed by atoms with Gasteiger partial charge in [0.2, 0.25) is 0 Å². The van der Waals surface area contributed by atoms with Crippen molar-refractivity contribution in [2.45, 2.75) is 126 Å². The first-order chi connectivity index (χ1) is 19.2. The second-order valence-corrected chi connectivity index (χ2v) is 17.4. The van der Waals surface area contributed by atoms with Crippen LogP contribution in [0.1, 0.15) is 126 Å². The summed E-state index contributed by atoms with van der Waals surface area (Å²) in [4.78, 5) is 12.5. The van der Waals surface area contributed by atoms with Crippen LogP contribution in [0.25, 0.3) is 6.08 Å². The molecule has 226 valence electrons. The van der Waals surface area contributed by atoms with E-state index < -0.39 is 0 Å². The molecule has 0 aliphatic heterocycles. The van der Waals surface area contributed by atoms with Gasteiger partial charge in [-0.25, -0.2) is 0 Å². The van der Waals surface area contributed by atoms with Gasteiger partial charge in [0.05, 0.1) is 0 Å². The molecule has 0 aromatic heterocycles. The van der Waals surface area contributed by atoms with Crippen molar-refractivity contribution in [1.29, 1.82) is 0 Å². The largest absolute Gasteiger partial charge is 0.457 e. The van der Waals surface area contributed by atoms with Crippen molar-refractivity contribution in [3.8, 4) is 0 Å². The average Bonchev–Trinajstić information content (AvgIpc) is 3.25. The van der Waals surface area contributed by atoms with Crippen LogP contribution in [0.15, 0.2) is 35.9 Å². The average molecular weight is 559 g/mol. The molecule has 2 nitrogen and oxygen atoms in total. The maximum absolute atomic E-state index is 12.5. The fourth-order valence-corrected chi connectivity index (χ4v) is 13.1. The van der Waals surface area contributed by atoms with Crippen molar-refractivity contribution in [3.05, 3.63) is 41.5 Å². The highest BCUT2D eigenvalue weighted by molar-refractivity contribution is 5.67. The van der Waals surface area contributed by atoms with Gasteiger partial charge in [-0.1, -0.05) is 91.8 Å². The van der Waals surface area contributed by atoms with Crippen LogP contribution in [0.2, 0.25) is 0 Å². The zero-order valence-corrected chi connectivity index (χ0v) is 27.7. The van der Waals surface area contributed by atoms with Crippen LogP contribution in [-0.4, -0.2) is 12.1 Å². The Bertz CT molecular complexity index is 1200. The Morgan fingerprint density at radius 2 is 1.56 bits per heavy atom. The van der Waals surface area contributed by atoms with E-state index in [2.05, 4.69) is 91.8 Å². The number of esters is 1. The van der Waals surface area contributed by atoms with Crippen LogP contribution < -0.4 is 0 Å². The van der Waals surface area contributed by atoms with Gasteiger partial charge in [0.25, 0.3) is 0 Å². The summed E-state index contributed by atoms with van der Waals surface area (Å²) in [5.74, 6) is 4.56. The van der Waals surface area contributed by atoms with Crippen LogP contribution in [0.3, 0.4) is 0 Å². The number of hydrogen-bond acceptors (Lipinski definition) is 2. The molecular weight excluding hydrogens is 500 g/mol. The molecule has 6 rings (SSSR count). The van der Waals surface area contributed by atoms with E-state index in [1.54, 1.807) is 6.92 Å². The van der Waals surface area contributed by atoms with Crippen molar-refractivity contribution >= 4 is 12.0 Å². The molecule has 5 fully saturated rings. The highest BCUT2D eigenvalue weighted by atomic mass is 16.5. The maximum Gasteiger partial charge on any atom is 0.303 e. The third-order valence-corrected chi connectivity index (χ3v) is 15.0. The summed E-state index contributed by atoms with van der Waals surface area (Å²) in [6.45, 7) is 22.3. The summed E-state index contributed by atoms with van der Waals surface area (Å²) in [7, 11) is 0. The number of fused-ring (bicyclic) bond motifs is 7. The zero-order valence-electron chi connectivity index (χ0n) is 27.7. The molecule has 2 heteroatoms. The molecule has 5 aliphatic rings. The van der Waals surface area contributed by atoms with Crippen LogP contribution in [0.5, 0.6) is 0 Å². The van der Waals surface area contributed by atoms with E-state index in [1.165, 1.54) is 62.5 Å². The molecule has 1 aromatic carbocycles. The molecule has 0 spiro atoms. The molecule has 10 atom stereocenters. The molecule has 0 amide bonds. The summed E-state index contributed by atoms with van der Waals surface area (Å²) in [5, 5.41) is 0. The summed E-state index contributed by atoms with van der Waals surface area (Å²) in [6, 6.07) is 10.7. The SMILES string of the molecule is CC(=O)O[C@@H]1/C(=C\c2ccccc2)C[C@@]2(C)[C@@H](CC[C@@]3(C)[C@H]2CC[C@@H]2[C@H]4[C@H](C(C)C)CC[C@@]4(C)CC[C@]23C)C1(C)C. The summed E-state index contributed by atoms with van der Waals surface area (Å²) in [6.07, 6.45) is 14.4. The van der Waals surface area contributed by atoms with Gasteiger partial charge in [-0.2, -0.15) is 0 Å². The molecule has 0 radical (unpaired) electrons. The lowest BCUT2D eigenvalue weighted by atomic mass is 9.32. The lowest BCUT2D eigenvalue weighted by Crippen LogP contribution is -2.67. The molecular formula is C39H58O2. The van der Waals surface area contributed by atoms with Crippen LogP contribution in [0, 0.1) is 62.6 Å². The number of hydrogen-bond donors (Lipinski definition) is 0. The third kappa shape index (κ3) is 4.18. The molecule has 0 saturated heterocycles. The van der Waals surface area contributed by atoms with Gasteiger partial charge in [-0.3, -0.25) is 4.79 Å². The molecule has 0 heterocycles. The van der Waals surface area contributed by atoms with Gasteiger partial charge >= 0.3 is 5.97 Å². The summed E-state index contributed by atoms with van der Waals surface area (Å²) < 4.78 is 6.24. The topological polar surface area (TPSA) is 26.3 Å². The quantitative estimate of drug-likeness (QED) is 0.345. The molecule has 0 bridgehead atoms. The highest BCUT2D eigenvalue weighted by Crippen LogP contribution is 2.77. The Hall–Kier alpha value is -1.57. The molecule has 5 saturated carbocycles. The first kappa shape index (κ1) is 29.5. The second kappa shape index (κ2) is 9.72. The van der Waals surface area contributed by atoms with E-state index in [0.717, 1.165) is 30.1 Å². The fourth-order valence-electron chi connectivity index (χ4n) is 13.1. The predicted molar refractivity (Wildman–Crippen MR) is 170 cm³/mol. The minimum atomic E-state index is -0.157. The maximum atomic E-state index is 12.5. The third-order valence-electron chi connectivity index (χ3n) is 15.0. The number of carbonyl (C=O) groups excluding carboxylic acids is 1. The zero-order chi connectivity index (χ0) is 29.6. The summed E-state index contributed by atoms with van der Waals surface area (Å²) in [5.41, 5.74) is 3.98. The number of rotatable bonds is 3.